The van der Waals surface area contributed by atoms with Crippen LogP contribution in [0.4, 0.5) is 0 Å². The zero-order valence-corrected chi connectivity index (χ0v) is 15.6. The van der Waals surface area contributed by atoms with Gasteiger partial charge < -0.3 is 5.32 Å². The summed E-state index contributed by atoms with van der Waals surface area (Å²) in [5.41, 5.74) is 0.917. The molecule has 1 aromatic heterocycles. The van der Waals surface area contributed by atoms with Crippen LogP contribution in [0.2, 0.25) is 0 Å². The Hall–Kier alpha value is -1.74. The molecule has 0 bridgehead atoms. The van der Waals surface area contributed by atoms with Gasteiger partial charge >= 0.3 is 0 Å². The van der Waals surface area contributed by atoms with Crippen LogP contribution < -0.4 is 10.0 Å². The molecular formula is C17H21N3O3S2. The van der Waals surface area contributed by atoms with Crippen molar-refractivity contribution < 1.29 is 13.2 Å². The van der Waals surface area contributed by atoms with E-state index >= 15 is 0 Å². The summed E-state index contributed by atoms with van der Waals surface area (Å²) in [6.45, 7) is 0.752. The lowest BCUT2D eigenvalue weighted by molar-refractivity contribution is 0.0967. The molecule has 0 aliphatic carbocycles. The molecule has 6 nitrogen and oxygen atoms in total. The lowest BCUT2D eigenvalue weighted by Crippen LogP contribution is -2.39. The number of thiophene rings is 1. The van der Waals surface area contributed by atoms with Crippen molar-refractivity contribution in [2.75, 3.05) is 13.6 Å². The zero-order valence-electron chi connectivity index (χ0n) is 13.9. The molecule has 0 spiro atoms. The van der Waals surface area contributed by atoms with E-state index < -0.39 is 10.2 Å². The number of hydrogen-bond acceptors (Lipinski definition) is 4. The molecule has 2 aromatic rings. The van der Waals surface area contributed by atoms with E-state index in [0.717, 1.165) is 23.3 Å². The maximum Gasteiger partial charge on any atom is 0.280 e. The van der Waals surface area contributed by atoms with E-state index in [9.17, 15) is 13.2 Å². The third-order valence-electron chi connectivity index (χ3n) is 4.22. The average molecular weight is 380 g/mol. The largest absolute Gasteiger partial charge is 0.354 e. The van der Waals surface area contributed by atoms with E-state index in [1.165, 1.54) is 15.6 Å². The smallest absolute Gasteiger partial charge is 0.280 e. The number of rotatable bonds is 6. The van der Waals surface area contributed by atoms with Crippen LogP contribution in [0.15, 0.2) is 42.5 Å². The molecule has 1 aliphatic rings. The van der Waals surface area contributed by atoms with Crippen molar-refractivity contribution in [3.05, 3.63) is 57.8 Å². The van der Waals surface area contributed by atoms with Crippen LogP contribution in [0.25, 0.3) is 0 Å². The van der Waals surface area contributed by atoms with Crippen molar-refractivity contribution in [2.45, 2.75) is 25.4 Å². The highest BCUT2D eigenvalue weighted by Gasteiger charge is 2.36. The Morgan fingerprint density at radius 1 is 1.24 bits per heavy atom. The SMILES string of the molecule is CNC(=O)c1ccc([C@@H]2CCCN2S(=O)(=O)NCc2ccccc2)s1. The van der Waals surface area contributed by atoms with Crippen molar-refractivity contribution in [3.8, 4) is 0 Å². The van der Waals surface area contributed by atoms with Gasteiger partial charge in [0.2, 0.25) is 0 Å². The van der Waals surface area contributed by atoms with Gasteiger partial charge in [0.25, 0.3) is 16.1 Å². The monoisotopic (exact) mass is 379 g/mol. The molecule has 134 valence electrons. The number of nitrogens with zero attached hydrogens (tertiary/aromatic N) is 1. The lowest BCUT2D eigenvalue weighted by atomic mass is 10.2. The minimum absolute atomic E-state index is 0.147. The van der Waals surface area contributed by atoms with E-state index in [-0.39, 0.29) is 18.5 Å². The van der Waals surface area contributed by atoms with Gasteiger partial charge in [-0.25, -0.2) is 0 Å². The van der Waals surface area contributed by atoms with E-state index in [1.807, 2.05) is 36.4 Å². The summed E-state index contributed by atoms with van der Waals surface area (Å²) in [5.74, 6) is -0.147. The molecule has 3 rings (SSSR count). The molecule has 1 amide bonds. The summed E-state index contributed by atoms with van der Waals surface area (Å²) in [5, 5.41) is 2.59. The van der Waals surface area contributed by atoms with Gasteiger partial charge in [0.1, 0.15) is 0 Å². The van der Waals surface area contributed by atoms with Crippen LogP contribution >= 0.6 is 11.3 Å². The van der Waals surface area contributed by atoms with E-state index in [2.05, 4.69) is 10.0 Å². The zero-order chi connectivity index (χ0) is 17.9. The number of carbonyl (C=O) groups excluding carboxylic acids is 1. The van der Waals surface area contributed by atoms with Crippen molar-refractivity contribution in [2.24, 2.45) is 0 Å². The second kappa shape index (κ2) is 7.65. The number of amides is 1. The molecule has 1 aromatic carbocycles. The molecule has 8 heteroatoms. The van der Waals surface area contributed by atoms with Gasteiger partial charge in [-0.15, -0.1) is 11.3 Å². The predicted octanol–water partition coefficient (Wildman–Crippen LogP) is 2.28. The standard InChI is InChI=1S/C17H21N3O3S2/c1-18-17(21)16-10-9-15(24-16)14-8-5-11-20(14)25(22,23)19-12-13-6-3-2-4-7-13/h2-4,6-7,9-10,14,19H,5,8,11-12H2,1H3,(H,18,21)/t14-/m0/s1. The Labute approximate surface area is 152 Å². The summed E-state index contributed by atoms with van der Waals surface area (Å²) >= 11 is 1.35. The minimum atomic E-state index is -3.58. The van der Waals surface area contributed by atoms with E-state index in [4.69, 9.17) is 0 Å². The second-order valence-electron chi connectivity index (χ2n) is 5.86. The number of hydrogen-bond donors (Lipinski definition) is 2. The average Bonchev–Trinajstić information content (AvgIpc) is 3.29. The van der Waals surface area contributed by atoms with Crippen LogP contribution in [0.3, 0.4) is 0 Å². The molecule has 1 atom stereocenters. The van der Waals surface area contributed by atoms with E-state index in [0.29, 0.717) is 11.4 Å². The third-order valence-corrected chi connectivity index (χ3v) is 6.97. The van der Waals surface area contributed by atoms with Crippen LogP contribution in [-0.2, 0) is 16.8 Å². The Morgan fingerprint density at radius 3 is 2.72 bits per heavy atom. The summed E-state index contributed by atoms with van der Waals surface area (Å²) in [6, 6.07) is 12.8. The van der Waals surface area contributed by atoms with Gasteiger partial charge in [-0.2, -0.15) is 17.4 Å². The van der Waals surface area contributed by atoms with Crippen LogP contribution in [0, 0.1) is 0 Å². The fourth-order valence-corrected chi connectivity index (χ4v) is 5.55. The first-order chi connectivity index (χ1) is 12.0. The van der Waals surface area contributed by atoms with E-state index in [1.54, 1.807) is 13.1 Å². The van der Waals surface area contributed by atoms with Gasteiger partial charge in [-0.1, -0.05) is 30.3 Å². The lowest BCUT2D eigenvalue weighted by Gasteiger charge is -2.23. The molecule has 0 saturated carbocycles. The molecule has 1 aliphatic heterocycles. The molecule has 2 N–H and O–H groups in total. The molecule has 1 fully saturated rings. The minimum Gasteiger partial charge on any atom is -0.354 e. The van der Waals surface area contributed by atoms with Crippen molar-refractivity contribution in [1.82, 2.24) is 14.3 Å². The number of carbonyl (C=O) groups is 1. The first-order valence-electron chi connectivity index (χ1n) is 8.13. The topological polar surface area (TPSA) is 78.5 Å². The van der Waals surface area contributed by atoms with Crippen molar-refractivity contribution in [1.29, 1.82) is 0 Å². The Bertz CT molecular complexity index is 834. The molecule has 2 heterocycles. The van der Waals surface area contributed by atoms with Gasteiger partial charge in [0.15, 0.2) is 0 Å². The van der Waals surface area contributed by atoms with Crippen LogP contribution in [0.5, 0.6) is 0 Å². The summed E-state index contributed by atoms with van der Waals surface area (Å²) in [4.78, 5) is 13.2. The van der Waals surface area contributed by atoms with Crippen molar-refractivity contribution in [3.63, 3.8) is 0 Å². The molecule has 1 saturated heterocycles. The fourth-order valence-electron chi connectivity index (χ4n) is 2.94. The Morgan fingerprint density at radius 2 is 2.00 bits per heavy atom. The van der Waals surface area contributed by atoms with Crippen LogP contribution in [-0.4, -0.2) is 32.2 Å². The molecule has 25 heavy (non-hydrogen) atoms. The highest BCUT2D eigenvalue weighted by atomic mass is 32.2. The molecular weight excluding hydrogens is 358 g/mol. The highest BCUT2D eigenvalue weighted by molar-refractivity contribution is 7.87. The maximum atomic E-state index is 12.7. The first-order valence-corrected chi connectivity index (χ1v) is 10.4. The second-order valence-corrected chi connectivity index (χ2v) is 8.68. The van der Waals surface area contributed by atoms with Gasteiger partial charge in [-0.05, 0) is 30.5 Å². The van der Waals surface area contributed by atoms with Crippen LogP contribution in [0.1, 0.15) is 39.0 Å². The Balaban J connectivity index is 1.73. The molecule has 0 unspecified atom stereocenters. The third kappa shape index (κ3) is 4.09. The summed E-state index contributed by atoms with van der Waals surface area (Å²) in [7, 11) is -2.00. The quantitative estimate of drug-likeness (QED) is 0.808. The number of benzene rings is 1. The van der Waals surface area contributed by atoms with Crippen molar-refractivity contribution >= 4 is 27.5 Å². The molecule has 0 radical (unpaired) electrons. The fraction of sp³-hybridized carbons (Fsp3) is 0.353. The highest BCUT2D eigenvalue weighted by Crippen LogP contribution is 2.37. The summed E-state index contributed by atoms with van der Waals surface area (Å²) < 4.78 is 29.6. The maximum absolute atomic E-state index is 12.7. The van der Waals surface area contributed by atoms with Gasteiger partial charge in [-0.3, -0.25) is 4.79 Å². The first kappa shape index (κ1) is 18.1. The normalized spacial score (nSPS) is 18.4. The summed E-state index contributed by atoms with van der Waals surface area (Å²) in [6.07, 6.45) is 1.57. The van der Waals surface area contributed by atoms with Gasteiger partial charge in [0.05, 0.1) is 10.9 Å². The predicted molar refractivity (Wildman–Crippen MR) is 98.6 cm³/mol. The number of nitrogens with one attached hydrogen (secondary N) is 2. The van der Waals surface area contributed by atoms with Gasteiger partial charge in [0, 0.05) is 25.0 Å². The Kier molecular flexibility index (Phi) is 5.53.